The van der Waals surface area contributed by atoms with E-state index in [1.165, 1.54) is 31.3 Å². The molecule has 1 amide bonds. The van der Waals surface area contributed by atoms with Crippen molar-refractivity contribution in [2.75, 3.05) is 12.4 Å². The number of benzene rings is 3. The molecular formula is C35H37N3O11S2. The number of nitrogens with one attached hydrogen (secondary N) is 1. The summed E-state index contributed by atoms with van der Waals surface area (Å²) in [6, 6.07) is 8.61. The van der Waals surface area contributed by atoms with Gasteiger partial charge in [0.25, 0.3) is 26.1 Å². The van der Waals surface area contributed by atoms with Crippen molar-refractivity contribution >= 4 is 49.7 Å². The molecule has 0 fully saturated rings. The molecule has 2 unspecified atom stereocenters. The third-order valence-electron chi connectivity index (χ3n) is 10.4. The van der Waals surface area contributed by atoms with E-state index in [2.05, 4.69) is 10.3 Å². The summed E-state index contributed by atoms with van der Waals surface area (Å²) in [7, 11) is -8.84. The fourth-order valence-corrected chi connectivity index (χ4v) is 8.32. The summed E-state index contributed by atoms with van der Waals surface area (Å²) in [5, 5.41) is 4.04. The first-order valence-electron chi connectivity index (χ1n) is 16.0. The van der Waals surface area contributed by atoms with E-state index in [1.54, 1.807) is 19.1 Å². The molecule has 3 aliphatic rings. The van der Waals surface area contributed by atoms with Crippen molar-refractivity contribution in [2.45, 2.75) is 87.1 Å². The number of hydrogen-bond donors (Lipinski definition) is 3. The second kappa shape index (κ2) is 12.0. The lowest BCUT2D eigenvalue weighted by atomic mass is 9.78. The van der Waals surface area contributed by atoms with Gasteiger partial charge in [-0.3, -0.25) is 18.9 Å². The number of rotatable bonds is 7. The zero-order valence-corrected chi connectivity index (χ0v) is 30.5. The predicted octanol–water partition coefficient (Wildman–Crippen LogP) is 3.43. The van der Waals surface area contributed by atoms with Crippen molar-refractivity contribution in [2.24, 2.45) is 4.99 Å². The van der Waals surface area contributed by atoms with Crippen LogP contribution in [0.4, 0.5) is 5.69 Å². The van der Waals surface area contributed by atoms with Crippen LogP contribution < -0.4 is 20.6 Å². The van der Waals surface area contributed by atoms with Crippen LogP contribution in [0.3, 0.4) is 0 Å². The second-order valence-electron chi connectivity index (χ2n) is 14.1. The minimum Gasteiger partial charge on any atom is -0.453 e. The van der Waals surface area contributed by atoms with Gasteiger partial charge in [0.2, 0.25) is 0 Å². The standard InChI is InChI=1S/C35H37N3O11S2/c1-17-34(3,4)23-15-21-26(19-10-12-20(13-11-19)33(41)49-38(7)25(40)9-8-14-39)22-16-24-28(37-18(2)35(24,5)6)32(51(45,46)47)30(22)48-29(21)31(27(23)36-17)50(42,43)44/h10-18,36H,8-9H2,1-7H3,(H,42,43,44)(H,45,46,47). The Hall–Kier alpha value is -4.64. The molecule has 16 heteroatoms. The maximum absolute atomic E-state index is 13.2. The van der Waals surface area contributed by atoms with E-state index >= 15 is 0 Å². The number of nitrogens with zero attached hydrogens (tertiary/aromatic N) is 2. The summed E-state index contributed by atoms with van der Waals surface area (Å²) < 4.78 is 80.3. The molecule has 0 saturated heterocycles. The predicted molar refractivity (Wildman–Crippen MR) is 184 cm³/mol. The summed E-state index contributed by atoms with van der Waals surface area (Å²) >= 11 is 0. The van der Waals surface area contributed by atoms with Gasteiger partial charge >= 0.3 is 5.97 Å². The van der Waals surface area contributed by atoms with Crippen LogP contribution in [0.25, 0.3) is 5.57 Å². The van der Waals surface area contributed by atoms with Crippen molar-refractivity contribution in [1.29, 1.82) is 0 Å². The molecule has 6 rings (SSSR count). The van der Waals surface area contributed by atoms with Crippen LogP contribution in [0.5, 0.6) is 11.5 Å². The second-order valence-corrected chi connectivity index (χ2v) is 16.8. The molecule has 14 nitrogen and oxygen atoms in total. The topological polar surface area (TPSA) is 206 Å². The van der Waals surface area contributed by atoms with Gasteiger partial charge in [-0.25, -0.2) is 4.79 Å². The molecule has 0 aliphatic carbocycles. The number of anilines is 1. The highest BCUT2D eigenvalue weighted by Gasteiger charge is 2.45. The van der Waals surface area contributed by atoms with Crippen molar-refractivity contribution in [3.8, 4) is 11.5 Å². The largest absolute Gasteiger partial charge is 0.453 e. The van der Waals surface area contributed by atoms with Crippen molar-refractivity contribution in [1.82, 2.24) is 5.06 Å². The minimum absolute atomic E-state index is 0.0242. The lowest BCUT2D eigenvalue weighted by Gasteiger charge is -2.29. The third kappa shape index (κ3) is 5.79. The molecule has 51 heavy (non-hydrogen) atoms. The van der Waals surface area contributed by atoms with Gasteiger partial charge in [-0.2, -0.15) is 21.9 Å². The van der Waals surface area contributed by atoms with E-state index < -0.39 is 58.8 Å². The van der Waals surface area contributed by atoms with Gasteiger partial charge in [0, 0.05) is 53.1 Å². The lowest BCUT2D eigenvalue weighted by molar-refractivity contribution is -0.161. The average Bonchev–Trinajstić information content (AvgIpc) is 3.39. The van der Waals surface area contributed by atoms with Crippen LogP contribution in [-0.2, 0) is 45.5 Å². The Morgan fingerprint density at radius 2 is 1.59 bits per heavy atom. The molecule has 3 N–H and O–H groups in total. The number of carbonyl (C=O) groups is 3. The summed E-state index contributed by atoms with van der Waals surface area (Å²) in [5.74, 6) is -2.22. The SMILES string of the molecule is CC1N=c2c(cc3c(c2S(=O)(=O)O)Oc2c(cc4c(c2S(=O)(=O)O)NC(C)C4(C)C)C=3c2ccc(C(=O)ON(C)C(=O)CCC=O)cc2)C1(C)C. The number of ether oxygens (including phenoxy) is 1. The molecule has 3 aromatic carbocycles. The molecule has 3 aliphatic heterocycles. The quantitative estimate of drug-likeness (QED) is 0.142. The maximum atomic E-state index is 13.2. The van der Waals surface area contributed by atoms with Gasteiger partial charge in [0.05, 0.1) is 22.6 Å². The Morgan fingerprint density at radius 1 is 0.961 bits per heavy atom. The molecule has 2 atom stereocenters. The van der Waals surface area contributed by atoms with Gasteiger partial charge in [-0.1, -0.05) is 39.8 Å². The summed E-state index contributed by atoms with van der Waals surface area (Å²) in [5.41, 5.74) is 0.712. The fourth-order valence-electron chi connectivity index (χ4n) is 6.71. The van der Waals surface area contributed by atoms with Gasteiger partial charge in [0.15, 0.2) is 21.3 Å². The maximum Gasteiger partial charge on any atom is 0.363 e. The molecular weight excluding hydrogens is 703 g/mol. The summed E-state index contributed by atoms with van der Waals surface area (Å²) in [4.78, 5) is 44.3. The van der Waals surface area contributed by atoms with Crippen LogP contribution in [0.15, 0.2) is 51.2 Å². The van der Waals surface area contributed by atoms with Gasteiger partial charge < -0.3 is 19.7 Å². The molecule has 0 saturated carbocycles. The first-order chi connectivity index (χ1) is 23.6. The van der Waals surface area contributed by atoms with E-state index in [4.69, 9.17) is 9.57 Å². The minimum atomic E-state index is -5.05. The Kier molecular flexibility index (Phi) is 8.49. The Balaban J connectivity index is 1.67. The molecule has 3 heterocycles. The normalized spacial score (nSPS) is 19.4. The molecule has 3 aromatic rings. The number of hydroxylamine groups is 2. The van der Waals surface area contributed by atoms with Gasteiger partial charge in [-0.05, 0) is 54.8 Å². The van der Waals surface area contributed by atoms with E-state index in [0.717, 1.165) is 5.06 Å². The summed E-state index contributed by atoms with van der Waals surface area (Å²) in [6.45, 7) is 11.2. The van der Waals surface area contributed by atoms with Crippen LogP contribution in [0.1, 0.15) is 87.0 Å². The highest BCUT2D eigenvalue weighted by Crippen LogP contribution is 2.52. The number of aldehydes is 1. The average molecular weight is 740 g/mol. The Bertz CT molecular complexity index is 2400. The third-order valence-corrected chi connectivity index (χ3v) is 12.2. The highest BCUT2D eigenvalue weighted by atomic mass is 32.2. The van der Waals surface area contributed by atoms with Crippen molar-refractivity contribution in [3.05, 3.63) is 74.8 Å². The molecule has 0 aromatic heterocycles. The first-order valence-corrected chi connectivity index (χ1v) is 18.9. The van der Waals surface area contributed by atoms with E-state index in [-0.39, 0.29) is 57.8 Å². The Labute approximate surface area is 294 Å². The number of fused-ring (bicyclic) bond motifs is 4. The fraction of sp³-hybridized carbons (Fsp3) is 0.371. The van der Waals surface area contributed by atoms with Crippen molar-refractivity contribution < 1.29 is 49.9 Å². The number of hydrogen-bond acceptors (Lipinski definition) is 11. The monoisotopic (exact) mass is 739 g/mol. The smallest absolute Gasteiger partial charge is 0.363 e. The van der Waals surface area contributed by atoms with Crippen molar-refractivity contribution in [3.63, 3.8) is 0 Å². The summed E-state index contributed by atoms with van der Waals surface area (Å²) in [6.07, 6.45) is 0.386. The molecule has 0 radical (unpaired) electrons. The number of carbonyl (C=O) groups excluding carboxylic acids is 3. The van der Waals surface area contributed by atoms with E-state index in [9.17, 15) is 40.3 Å². The van der Waals surface area contributed by atoms with Crippen LogP contribution in [-0.4, -0.2) is 68.3 Å². The van der Waals surface area contributed by atoms with Crippen LogP contribution >= 0.6 is 0 Å². The van der Waals surface area contributed by atoms with E-state index in [1.807, 2.05) is 34.6 Å². The number of amides is 1. The lowest BCUT2D eigenvalue weighted by Crippen LogP contribution is -2.33. The molecule has 0 spiro atoms. The van der Waals surface area contributed by atoms with Gasteiger partial charge in [-0.15, -0.1) is 0 Å². The van der Waals surface area contributed by atoms with Crippen LogP contribution in [0, 0.1) is 0 Å². The molecule has 0 bridgehead atoms. The first kappa shape index (κ1) is 36.2. The zero-order chi connectivity index (χ0) is 37.6. The van der Waals surface area contributed by atoms with E-state index in [0.29, 0.717) is 28.5 Å². The zero-order valence-electron chi connectivity index (χ0n) is 28.9. The van der Waals surface area contributed by atoms with Gasteiger partial charge in [0.1, 0.15) is 6.29 Å². The Morgan fingerprint density at radius 3 is 2.18 bits per heavy atom. The molecule has 270 valence electrons. The van der Waals surface area contributed by atoms with Crippen LogP contribution in [0.2, 0.25) is 0 Å². The highest BCUT2D eigenvalue weighted by molar-refractivity contribution is 7.86.